The molecule has 0 aromatic heterocycles. The van der Waals surface area contributed by atoms with Gasteiger partial charge in [0.05, 0.1) is 0 Å². The highest BCUT2D eigenvalue weighted by Crippen LogP contribution is 2.20. The zero-order valence-electron chi connectivity index (χ0n) is 11.1. The quantitative estimate of drug-likeness (QED) is 0.638. The van der Waals surface area contributed by atoms with Crippen molar-refractivity contribution in [1.29, 1.82) is 0 Å². The van der Waals surface area contributed by atoms with E-state index in [2.05, 4.69) is 24.5 Å². The number of benzene rings is 2. The van der Waals surface area contributed by atoms with E-state index in [-0.39, 0.29) is 11.9 Å². The number of aryl methyl sites for hydroxylation is 2. The summed E-state index contributed by atoms with van der Waals surface area (Å²) in [4.78, 5) is 0. The van der Waals surface area contributed by atoms with Crippen molar-refractivity contribution in [3.05, 3.63) is 71.0 Å². The van der Waals surface area contributed by atoms with Crippen LogP contribution in [0.25, 0.3) is 0 Å². The molecule has 0 aliphatic carbocycles. The molecule has 100 valence electrons. The van der Waals surface area contributed by atoms with E-state index in [1.807, 2.05) is 18.2 Å². The van der Waals surface area contributed by atoms with Gasteiger partial charge in [-0.15, -0.1) is 0 Å². The van der Waals surface area contributed by atoms with Crippen molar-refractivity contribution in [1.82, 2.24) is 5.43 Å². The molecular formula is C16H19FN2. The highest BCUT2D eigenvalue weighted by molar-refractivity contribution is 5.26. The van der Waals surface area contributed by atoms with Crippen molar-refractivity contribution < 1.29 is 4.39 Å². The van der Waals surface area contributed by atoms with Crippen LogP contribution in [0.1, 0.15) is 29.2 Å². The fourth-order valence-corrected chi connectivity index (χ4v) is 2.26. The summed E-state index contributed by atoms with van der Waals surface area (Å²) in [6.45, 7) is 2.10. The highest BCUT2D eigenvalue weighted by Gasteiger charge is 2.11. The standard InChI is InChI=1S/C16H19FN2/c1-12-5-2-3-6-13(12)9-10-16(19-18)14-7-4-8-15(17)11-14/h2-8,11,16,19H,9-10,18H2,1H3. The maximum absolute atomic E-state index is 13.2. The minimum atomic E-state index is -0.228. The molecule has 0 radical (unpaired) electrons. The topological polar surface area (TPSA) is 38.0 Å². The summed E-state index contributed by atoms with van der Waals surface area (Å²) in [6.07, 6.45) is 1.75. The Morgan fingerprint density at radius 3 is 2.63 bits per heavy atom. The molecule has 3 heteroatoms. The molecule has 2 aromatic rings. The summed E-state index contributed by atoms with van der Waals surface area (Å²) < 4.78 is 13.2. The van der Waals surface area contributed by atoms with E-state index in [4.69, 9.17) is 5.84 Å². The van der Waals surface area contributed by atoms with Gasteiger partial charge >= 0.3 is 0 Å². The Morgan fingerprint density at radius 1 is 1.16 bits per heavy atom. The van der Waals surface area contributed by atoms with Gasteiger partial charge in [0, 0.05) is 6.04 Å². The van der Waals surface area contributed by atoms with Crippen LogP contribution in [0, 0.1) is 12.7 Å². The van der Waals surface area contributed by atoms with Gasteiger partial charge in [0.2, 0.25) is 0 Å². The Bertz CT molecular complexity index is 540. The molecule has 19 heavy (non-hydrogen) atoms. The van der Waals surface area contributed by atoms with Gasteiger partial charge in [-0.3, -0.25) is 11.3 Å². The third-order valence-corrected chi connectivity index (χ3v) is 3.42. The predicted octanol–water partition coefficient (Wildman–Crippen LogP) is 3.27. The fraction of sp³-hybridized carbons (Fsp3) is 0.250. The number of hydrazine groups is 1. The van der Waals surface area contributed by atoms with Crippen LogP contribution in [-0.4, -0.2) is 0 Å². The number of hydrogen-bond acceptors (Lipinski definition) is 2. The average molecular weight is 258 g/mol. The Kier molecular flexibility index (Phi) is 4.66. The maximum atomic E-state index is 13.2. The van der Waals surface area contributed by atoms with Gasteiger partial charge in [-0.05, 0) is 48.6 Å². The van der Waals surface area contributed by atoms with E-state index in [1.165, 1.54) is 23.3 Å². The second kappa shape index (κ2) is 6.45. The number of rotatable bonds is 5. The first-order valence-electron chi connectivity index (χ1n) is 6.47. The molecule has 1 unspecified atom stereocenters. The van der Waals surface area contributed by atoms with Gasteiger partial charge in [-0.1, -0.05) is 36.4 Å². The summed E-state index contributed by atoms with van der Waals surface area (Å²) in [6, 6.07) is 14.8. The Morgan fingerprint density at radius 2 is 1.95 bits per heavy atom. The minimum absolute atomic E-state index is 0.0321. The molecule has 0 heterocycles. The predicted molar refractivity (Wildman–Crippen MR) is 76.0 cm³/mol. The van der Waals surface area contributed by atoms with Gasteiger partial charge in [-0.25, -0.2) is 4.39 Å². The molecule has 2 nitrogen and oxygen atoms in total. The van der Waals surface area contributed by atoms with Crippen molar-refractivity contribution in [3.63, 3.8) is 0 Å². The van der Waals surface area contributed by atoms with Crippen LogP contribution in [0.3, 0.4) is 0 Å². The largest absolute Gasteiger partial charge is 0.271 e. The highest BCUT2D eigenvalue weighted by atomic mass is 19.1. The van der Waals surface area contributed by atoms with E-state index in [9.17, 15) is 4.39 Å². The Labute approximate surface area is 113 Å². The smallest absolute Gasteiger partial charge is 0.123 e. The summed E-state index contributed by atoms with van der Waals surface area (Å²) in [5.74, 6) is 5.36. The molecule has 0 spiro atoms. The molecule has 0 amide bonds. The Hall–Kier alpha value is -1.71. The zero-order valence-corrected chi connectivity index (χ0v) is 11.1. The zero-order chi connectivity index (χ0) is 13.7. The lowest BCUT2D eigenvalue weighted by molar-refractivity contribution is 0.511. The summed E-state index contributed by atoms with van der Waals surface area (Å²) >= 11 is 0. The van der Waals surface area contributed by atoms with Crippen LogP contribution in [0.15, 0.2) is 48.5 Å². The number of nitrogens with two attached hydrogens (primary N) is 1. The summed E-state index contributed by atoms with van der Waals surface area (Å²) in [7, 11) is 0. The molecule has 0 bridgehead atoms. The maximum Gasteiger partial charge on any atom is 0.123 e. The number of halogens is 1. The van der Waals surface area contributed by atoms with E-state index < -0.39 is 0 Å². The van der Waals surface area contributed by atoms with Crippen molar-refractivity contribution >= 4 is 0 Å². The van der Waals surface area contributed by atoms with Crippen molar-refractivity contribution in [2.75, 3.05) is 0 Å². The van der Waals surface area contributed by atoms with Crippen LogP contribution in [0.4, 0.5) is 4.39 Å². The third-order valence-electron chi connectivity index (χ3n) is 3.42. The molecule has 0 aliphatic heterocycles. The summed E-state index contributed by atoms with van der Waals surface area (Å²) in [5.41, 5.74) is 6.23. The van der Waals surface area contributed by atoms with Gasteiger partial charge in [0.15, 0.2) is 0 Å². The number of hydrogen-bond donors (Lipinski definition) is 2. The monoisotopic (exact) mass is 258 g/mol. The van der Waals surface area contributed by atoms with Crippen molar-refractivity contribution in [2.24, 2.45) is 5.84 Å². The van der Waals surface area contributed by atoms with E-state index >= 15 is 0 Å². The molecule has 0 fully saturated rings. The van der Waals surface area contributed by atoms with Crippen LogP contribution in [-0.2, 0) is 6.42 Å². The third kappa shape index (κ3) is 3.63. The summed E-state index contributed by atoms with van der Waals surface area (Å²) in [5, 5.41) is 0. The lowest BCUT2D eigenvalue weighted by Crippen LogP contribution is -2.28. The molecule has 0 aliphatic rings. The second-order valence-corrected chi connectivity index (χ2v) is 4.74. The lowest BCUT2D eigenvalue weighted by atomic mass is 9.97. The minimum Gasteiger partial charge on any atom is -0.271 e. The van der Waals surface area contributed by atoms with Crippen LogP contribution >= 0.6 is 0 Å². The average Bonchev–Trinajstić information content (AvgIpc) is 2.41. The number of nitrogens with one attached hydrogen (secondary N) is 1. The fourth-order valence-electron chi connectivity index (χ4n) is 2.26. The van der Waals surface area contributed by atoms with Crippen LogP contribution in [0.5, 0.6) is 0 Å². The van der Waals surface area contributed by atoms with Gasteiger partial charge in [0.25, 0.3) is 0 Å². The Balaban J connectivity index is 2.06. The molecule has 0 saturated heterocycles. The van der Waals surface area contributed by atoms with Gasteiger partial charge in [0.1, 0.15) is 5.82 Å². The van der Waals surface area contributed by atoms with E-state index in [1.54, 1.807) is 6.07 Å². The normalized spacial score (nSPS) is 12.4. The van der Waals surface area contributed by atoms with Crippen LogP contribution in [0.2, 0.25) is 0 Å². The first kappa shape index (κ1) is 13.7. The molecule has 0 saturated carbocycles. The van der Waals surface area contributed by atoms with E-state index in [0.717, 1.165) is 18.4 Å². The van der Waals surface area contributed by atoms with Gasteiger partial charge < -0.3 is 0 Å². The van der Waals surface area contributed by atoms with Gasteiger partial charge in [-0.2, -0.15) is 0 Å². The molecule has 3 N–H and O–H groups in total. The van der Waals surface area contributed by atoms with Crippen molar-refractivity contribution in [2.45, 2.75) is 25.8 Å². The second-order valence-electron chi connectivity index (χ2n) is 4.74. The van der Waals surface area contributed by atoms with Crippen LogP contribution < -0.4 is 11.3 Å². The molecule has 1 atom stereocenters. The first-order chi connectivity index (χ1) is 9.20. The molecule has 2 rings (SSSR count). The first-order valence-corrected chi connectivity index (χ1v) is 6.47. The molecular weight excluding hydrogens is 239 g/mol. The van der Waals surface area contributed by atoms with E-state index in [0.29, 0.717) is 0 Å². The lowest BCUT2D eigenvalue weighted by Gasteiger charge is -2.17. The van der Waals surface area contributed by atoms with Crippen molar-refractivity contribution in [3.8, 4) is 0 Å². The SMILES string of the molecule is Cc1ccccc1CCC(NN)c1cccc(F)c1. The molecule has 2 aromatic carbocycles.